The first-order valence-corrected chi connectivity index (χ1v) is 4.63. The van der Waals surface area contributed by atoms with Gasteiger partial charge in [0.1, 0.15) is 0 Å². The molecule has 0 saturated carbocycles. The van der Waals surface area contributed by atoms with Crippen molar-refractivity contribution in [1.82, 2.24) is 0 Å². The van der Waals surface area contributed by atoms with Gasteiger partial charge in [0.25, 0.3) is 0 Å². The number of aliphatic imine (C=N–C) groups is 1. The largest absolute Gasteiger partial charge is 0.306 e. The van der Waals surface area contributed by atoms with Gasteiger partial charge in [0.05, 0.1) is 10.5 Å². The quantitative estimate of drug-likeness (QED) is 0.598. The highest BCUT2D eigenvalue weighted by Crippen LogP contribution is 2.23. The summed E-state index contributed by atoms with van der Waals surface area (Å²) >= 11 is 3.32. The van der Waals surface area contributed by atoms with Gasteiger partial charge in [0, 0.05) is 5.57 Å². The molecule has 0 aromatic heterocycles. The van der Waals surface area contributed by atoms with Gasteiger partial charge in [-0.2, -0.15) is 0 Å². The second-order valence-corrected chi connectivity index (χ2v) is 3.69. The first kappa shape index (κ1) is 8.56. The molecule has 4 heteroatoms. The van der Waals surface area contributed by atoms with E-state index in [1.807, 2.05) is 6.08 Å². The summed E-state index contributed by atoms with van der Waals surface area (Å²) in [6.07, 6.45) is 6.57. The van der Waals surface area contributed by atoms with Gasteiger partial charge in [-0.3, -0.25) is 4.79 Å². The number of hydrogen-bond donors (Lipinski definition) is 0. The molecule has 1 atom stereocenters. The van der Waals surface area contributed by atoms with Crippen molar-refractivity contribution in [2.24, 2.45) is 4.99 Å². The number of dihydropyridines is 1. The molecule has 1 unspecified atom stereocenters. The zero-order valence-electron chi connectivity index (χ0n) is 6.50. The highest BCUT2D eigenvalue weighted by atomic mass is 79.9. The van der Waals surface area contributed by atoms with Crippen LogP contribution in [0.15, 0.2) is 40.7 Å². The molecule has 0 fully saturated rings. The summed E-state index contributed by atoms with van der Waals surface area (Å²) in [7, 11) is 0. The third-order valence-corrected chi connectivity index (χ3v) is 2.56. The van der Waals surface area contributed by atoms with E-state index < -0.39 is 11.7 Å². The molecule has 2 aliphatic rings. The maximum absolute atomic E-state index is 12.8. The van der Waals surface area contributed by atoms with Crippen molar-refractivity contribution in [3.05, 3.63) is 35.7 Å². The van der Waals surface area contributed by atoms with Crippen LogP contribution in [0.5, 0.6) is 0 Å². The number of rotatable bonds is 0. The maximum atomic E-state index is 12.8. The molecule has 1 aliphatic heterocycles. The van der Waals surface area contributed by atoms with Gasteiger partial charge >= 0.3 is 5.91 Å². The summed E-state index contributed by atoms with van der Waals surface area (Å²) in [5.74, 6) is -1.60. The lowest BCUT2D eigenvalue weighted by Gasteiger charge is -2.16. The molecule has 0 N–H and O–H groups in total. The molecule has 1 amide bonds. The second kappa shape index (κ2) is 3.03. The normalized spacial score (nSPS) is 26.2. The number of halogens is 2. The molecular weight excluding hydrogens is 237 g/mol. The number of hydrogen-bond acceptors (Lipinski definition) is 1. The standard InChI is InChI=1S/C9H5BrFNO/c10-6-3-1-2-5-4-7(11)9(13)12-8(5)6/h1-4,6H. The highest BCUT2D eigenvalue weighted by molar-refractivity contribution is 9.10. The average molecular weight is 242 g/mol. The van der Waals surface area contributed by atoms with Gasteiger partial charge in [-0.1, -0.05) is 34.2 Å². The van der Waals surface area contributed by atoms with Gasteiger partial charge in [-0.25, -0.2) is 9.38 Å². The minimum Gasteiger partial charge on any atom is -0.264 e. The molecule has 1 aliphatic carbocycles. The Labute approximate surface area is 82.7 Å². The Morgan fingerprint density at radius 1 is 1.54 bits per heavy atom. The number of carbonyl (C=O) groups is 1. The van der Waals surface area contributed by atoms with Crippen LogP contribution in [0.3, 0.4) is 0 Å². The van der Waals surface area contributed by atoms with E-state index in [0.29, 0.717) is 11.3 Å². The van der Waals surface area contributed by atoms with Crippen molar-refractivity contribution >= 4 is 27.5 Å². The SMILES string of the molecule is O=C1N=C2C(=CC=CC2Br)C=C1F. The molecule has 0 spiro atoms. The Balaban J connectivity index is 2.49. The van der Waals surface area contributed by atoms with Crippen LogP contribution in [0, 0.1) is 0 Å². The molecule has 0 aromatic rings. The van der Waals surface area contributed by atoms with Crippen LogP contribution in [0.25, 0.3) is 0 Å². The van der Waals surface area contributed by atoms with E-state index in [1.54, 1.807) is 12.2 Å². The smallest absolute Gasteiger partial charge is 0.264 e. The van der Waals surface area contributed by atoms with E-state index in [4.69, 9.17) is 0 Å². The first-order chi connectivity index (χ1) is 6.18. The van der Waals surface area contributed by atoms with Crippen LogP contribution in [-0.4, -0.2) is 16.4 Å². The van der Waals surface area contributed by atoms with Gasteiger partial charge in [0.2, 0.25) is 0 Å². The molecule has 1 heterocycles. The van der Waals surface area contributed by atoms with Crippen molar-refractivity contribution in [1.29, 1.82) is 0 Å². The van der Waals surface area contributed by atoms with Crippen LogP contribution in [-0.2, 0) is 4.79 Å². The number of alkyl halides is 1. The fourth-order valence-corrected chi connectivity index (χ4v) is 1.74. The maximum Gasteiger partial charge on any atom is 0.306 e. The average Bonchev–Trinajstić information content (AvgIpc) is 2.09. The summed E-state index contributed by atoms with van der Waals surface area (Å²) in [6, 6.07) is 0. The highest BCUT2D eigenvalue weighted by Gasteiger charge is 2.24. The van der Waals surface area contributed by atoms with E-state index in [-0.39, 0.29) is 4.83 Å². The van der Waals surface area contributed by atoms with Crippen LogP contribution in [0.2, 0.25) is 0 Å². The van der Waals surface area contributed by atoms with E-state index in [1.165, 1.54) is 6.08 Å². The summed E-state index contributed by atoms with van der Waals surface area (Å²) in [5.41, 5.74) is 1.23. The molecular formula is C9H5BrFNO. The Hall–Kier alpha value is -1.03. The van der Waals surface area contributed by atoms with Crippen molar-refractivity contribution in [3.63, 3.8) is 0 Å². The van der Waals surface area contributed by atoms with E-state index >= 15 is 0 Å². The monoisotopic (exact) mass is 241 g/mol. The summed E-state index contributed by atoms with van der Waals surface area (Å²) in [4.78, 5) is 14.4. The first-order valence-electron chi connectivity index (χ1n) is 3.71. The summed E-state index contributed by atoms with van der Waals surface area (Å²) < 4.78 is 12.8. The molecule has 13 heavy (non-hydrogen) atoms. The number of carbonyl (C=O) groups excluding carboxylic acids is 1. The summed E-state index contributed by atoms with van der Waals surface area (Å²) in [6.45, 7) is 0. The zero-order chi connectivity index (χ0) is 9.42. The number of fused-ring (bicyclic) bond motifs is 1. The van der Waals surface area contributed by atoms with E-state index in [0.717, 1.165) is 0 Å². The lowest BCUT2D eigenvalue weighted by Crippen LogP contribution is -2.21. The number of amides is 1. The van der Waals surface area contributed by atoms with Crippen LogP contribution in [0.1, 0.15) is 0 Å². The Morgan fingerprint density at radius 3 is 3.08 bits per heavy atom. The number of nitrogens with zero attached hydrogens (tertiary/aromatic N) is 1. The third kappa shape index (κ3) is 1.42. The fraction of sp³-hybridized carbons (Fsp3) is 0.111. The number of allylic oxidation sites excluding steroid dienone is 5. The molecule has 66 valence electrons. The fourth-order valence-electron chi connectivity index (χ4n) is 1.20. The molecule has 0 saturated heterocycles. The van der Waals surface area contributed by atoms with E-state index in [2.05, 4.69) is 20.9 Å². The predicted molar refractivity (Wildman–Crippen MR) is 51.6 cm³/mol. The second-order valence-electron chi connectivity index (χ2n) is 2.70. The van der Waals surface area contributed by atoms with Gasteiger partial charge in [0.15, 0.2) is 5.83 Å². The Bertz CT molecular complexity index is 392. The summed E-state index contributed by atoms with van der Waals surface area (Å²) in [5, 5.41) is 0. The molecule has 0 aromatic carbocycles. The van der Waals surface area contributed by atoms with Crippen molar-refractivity contribution < 1.29 is 9.18 Å². The van der Waals surface area contributed by atoms with Crippen molar-refractivity contribution in [2.45, 2.75) is 4.83 Å². The minimum atomic E-state index is -0.801. The molecule has 0 bridgehead atoms. The predicted octanol–water partition coefficient (Wildman–Crippen LogP) is 2.08. The Morgan fingerprint density at radius 2 is 2.31 bits per heavy atom. The lowest BCUT2D eigenvalue weighted by atomic mass is 10.00. The van der Waals surface area contributed by atoms with Crippen molar-refractivity contribution in [3.8, 4) is 0 Å². The third-order valence-electron chi connectivity index (χ3n) is 1.82. The molecule has 2 rings (SSSR count). The van der Waals surface area contributed by atoms with Crippen LogP contribution in [0.4, 0.5) is 4.39 Å². The topological polar surface area (TPSA) is 29.4 Å². The zero-order valence-corrected chi connectivity index (χ0v) is 8.08. The lowest BCUT2D eigenvalue weighted by molar-refractivity contribution is -0.115. The van der Waals surface area contributed by atoms with E-state index in [9.17, 15) is 9.18 Å². The molecule has 2 nitrogen and oxygen atoms in total. The van der Waals surface area contributed by atoms with Crippen molar-refractivity contribution in [2.75, 3.05) is 0 Å². The Kier molecular flexibility index (Phi) is 2.00. The molecule has 0 radical (unpaired) electrons. The van der Waals surface area contributed by atoms with Gasteiger partial charge in [-0.05, 0) is 6.08 Å². The van der Waals surface area contributed by atoms with Gasteiger partial charge in [-0.15, -0.1) is 0 Å². The van der Waals surface area contributed by atoms with Crippen LogP contribution < -0.4 is 0 Å². The minimum absolute atomic E-state index is 0.0965. The van der Waals surface area contributed by atoms with Crippen LogP contribution >= 0.6 is 15.9 Å². The van der Waals surface area contributed by atoms with Gasteiger partial charge < -0.3 is 0 Å².